The molecule has 1 aliphatic rings. The molecule has 0 radical (unpaired) electrons. The minimum atomic E-state index is 0.612. The molecule has 7 aromatic carbocycles. The summed E-state index contributed by atoms with van der Waals surface area (Å²) in [5.74, 6) is 1.88. The van der Waals surface area contributed by atoms with Gasteiger partial charge in [-0.2, -0.15) is 0 Å². The lowest BCUT2D eigenvalue weighted by atomic mass is 9.92. The fourth-order valence-corrected chi connectivity index (χ4v) is 7.39. The highest BCUT2D eigenvalue weighted by Crippen LogP contribution is 2.46. The maximum Gasteiger partial charge on any atom is 0.164 e. The molecule has 0 spiro atoms. The van der Waals surface area contributed by atoms with E-state index in [0.717, 1.165) is 61.4 Å². The van der Waals surface area contributed by atoms with E-state index in [4.69, 9.17) is 19.4 Å². The Morgan fingerprint density at radius 2 is 1.02 bits per heavy atom. The van der Waals surface area contributed by atoms with E-state index in [-0.39, 0.29) is 0 Å². The fraction of sp³-hybridized carbons (Fsp3) is 0.0227. The van der Waals surface area contributed by atoms with E-state index in [2.05, 4.69) is 109 Å². The molecule has 0 bridgehead atoms. The van der Waals surface area contributed by atoms with Crippen molar-refractivity contribution in [2.75, 3.05) is 0 Å². The topological polar surface area (TPSA) is 51.8 Å². The normalized spacial score (nSPS) is 12.1. The molecule has 224 valence electrons. The molecule has 0 aliphatic heterocycles. The molecular formula is C44H27N3O. The first-order valence-corrected chi connectivity index (χ1v) is 16.2. The van der Waals surface area contributed by atoms with Crippen molar-refractivity contribution in [2.24, 2.45) is 0 Å². The molecule has 0 N–H and O–H groups in total. The van der Waals surface area contributed by atoms with E-state index >= 15 is 0 Å². The summed E-state index contributed by atoms with van der Waals surface area (Å²) in [6, 6.07) is 52.7. The molecule has 1 aliphatic carbocycles. The maximum absolute atomic E-state index is 6.75. The Morgan fingerprint density at radius 1 is 0.417 bits per heavy atom. The minimum absolute atomic E-state index is 0.612. The van der Waals surface area contributed by atoms with Crippen molar-refractivity contribution in [1.82, 2.24) is 15.0 Å². The van der Waals surface area contributed by atoms with Gasteiger partial charge in [-0.05, 0) is 63.2 Å². The number of hydrogen-bond donors (Lipinski definition) is 0. The van der Waals surface area contributed by atoms with Gasteiger partial charge in [-0.15, -0.1) is 0 Å². The smallest absolute Gasteiger partial charge is 0.164 e. The van der Waals surface area contributed by atoms with Gasteiger partial charge < -0.3 is 4.42 Å². The standard InChI is InChI=1S/C44H27N3O/c1-2-13-28(14-3-1)42-45-43(35-22-10-16-27-12-4-6-17-30(27)35)47-44(46-42)37-25-24-34(41-40(37)36-19-8-9-23-39(36)48-41)33-21-11-20-32-31-18-7-5-15-29(31)26-38(32)33/h1-25H,26H2. The fourth-order valence-electron chi connectivity index (χ4n) is 7.39. The first-order chi connectivity index (χ1) is 23.8. The number of nitrogens with zero attached hydrogens (tertiary/aromatic N) is 3. The molecule has 0 fully saturated rings. The Hall–Kier alpha value is -6.39. The molecular weight excluding hydrogens is 587 g/mol. The second-order valence-electron chi connectivity index (χ2n) is 12.3. The lowest BCUT2D eigenvalue weighted by Crippen LogP contribution is -2.01. The summed E-state index contributed by atoms with van der Waals surface area (Å²) in [5, 5.41) is 4.28. The van der Waals surface area contributed by atoms with Gasteiger partial charge in [0, 0.05) is 33.0 Å². The Labute approximate surface area is 277 Å². The van der Waals surface area contributed by atoms with Crippen LogP contribution in [0, 0.1) is 0 Å². The number of rotatable bonds is 4. The average Bonchev–Trinajstić information content (AvgIpc) is 3.74. The van der Waals surface area contributed by atoms with Crippen molar-refractivity contribution >= 4 is 32.7 Å². The van der Waals surface area contributed by atoms with Crippen LogP contribution in [0.3, 0.4) is 0 Å². The number of fused-ring (bicyclic) bond motifs is 7. The van der Waals surface area contributed by atoms with Gasteiger partial charge in [0.2, 0.25) is 0 Å². The van der Waals surface area contributed by atoms with Gasteiger partial charge in [-0.25, -0.2) is 15.0 Å². The van der Waals surface area contributed by atoms with E-state index in [9.17, 15) is 0 Å². The predicted molar refractivity (Wildman–Crippen MR) is 195 cm³/mol. The summed E-state index contributed by atoms with van der Waals surface area (Å²) < 4.78 is 6.75. The van der Waals surface area contributed by atoms with Crippen LogP contribution in [0.2, 0.25) is 0 Å². The van der Waals surface area contributed by atoms with Crippen LogP contribution < -0.4 is 0 Å². The Bertz CT molecular complexity index is 2700. The molecule has 0 atom stereocenters. The van der Waals surface area contributed by atoms with Crippen LogP contribution >= 0.6 is 0 Å². The monoisotopic (exact) mass is 613 g/mol. The van der Waals surface area contributed by atoms with Crippen molar-refractivity contribution in [1.29, 1.82) is 0 Å². The second-order valence-corrected chi connectivity index (χ2v) is 12.3. The first-order valence-electron chi connectivity index (χ1n) is 16.2. The third-order valence-electron chi connectivity index (χ3n) is 9.61. The summed E-state index contributed by atoms with van der Waals surface area (Å²) >= 11 is 0. The molecule has 2 heterocycles. The van der Waals surface area contributed by atoms with Crippen molar-refractivity contribution in [3.05, 3.63) is 163 Å². The summed E-state index contributed by atoms with van der Waals surface area (Å²) in [6.07, 6.45) is 0.896. The molecule has 0 unspecified atom stereocenters. The van der Waals surface area contributed by atoms with Crippen LogP contribution in [0.15, 0.2) is 156 Å². The zero-order valence-electron chi connectivity index (χ0n) is 25.9. The summed E-state index contributed by atoms with van der Waals surface area (Å²) in [5.41, 5.74) is 12.1. The summed E-state index contributed by atoms with van der Waals surface area (Å²) in [4.78, 5) is 15.4. The van der Waals surface area contributed by atoms with Gasteiger partial charge in [0.1, 0.15) is 11.2 Å². The highest BCUT2D eigenvalue weighted by Gasteiger charge is 2.25. The van der Waals surface area contributed by atoms with Crippen LogP contribution in [0.1, 0.15) is 11.1 Å². The molecule has 0 saturated carbocycles. The molecule has 0 amide bonds. The zero-order valence-corrected chi connectivity index (χ0v) is 25.9. The van der Waals surface area contributed by atoms with Gasteiger partial charge in [-0.1, -0.05) is 133 Å². The maximum atomic E-state index is 6.75. The van der Waals surface area contributed by atoms with Crippen LogP contribution in [-0.4, -0.2) is 15.0 Å². The van der Waals surface area contributed by atoms with Crippen LogP contribution in [0.25, 0.3) is 89.1 Å². The van der Waals surface area contributed by atoms with E-state index in [1.165, 1.54) is 27.8 Å². The molecule has 2 aromatic heterocycles. The molecule has 4 heteroatoms. The van der Waals surface area contributed by atoms with Crippen LogP contribution in [0.5, 0.6) is 0 Å². The number of hydrogen-bond acceptors (Lipinski definition) is 4. The highest BCUT2D eigenvalue weighted by atomic mass is 16.3. The molecule has 48 heavy (non-hydrogen) atoms. The second kappa shape index (κ2) is 10.6. The van der Waals surface area contributed by atoms with Crippen molar-refractivity contribution < 1.29 is 4.42 Å². The van der Waals surface area contributed by atoms with E-state index in [0.29, 0.717) is 17.5 Å². The number of aromatic nitrogens is 3. The van der Waals surface area contributed by atoms with Gasteiger partial charge in [0.05, 0.1) is 0 Å². The van der Waals surface area contributed by atoms with Crippen molar-refractivity contribution in [3.8, 4) is 56.4 Å². The van der Waals surface area contributed by atoms with Gasteiger partial charge >= 0.3 is 0 Å². The van der Waals surface area contributed by atoms with Gasteiger partial charge in [0.25, 0.3) is 0 Å². The average molecular weight is 614 g/mol. The third kappa shape index (κ3) is 4.13. The number of benzene rings is 7. The van der Waals surface area contributed by atoms with E-state index in [1.54, 1.807) is 0 Å². The molecule has 9 aromatic rings. The van der Waals surface area contributed by atoms with Gasteiger partial charge in [0.15, 0.2) is 17.5 Å². The summed E-state index contributed by atoms with van der Waals surface area (Å²) in [7, 11) is 0. The van der Waals surface area contributed by atoms with E-state index in [1.807, 2.05) is 42.5 Å². The Kier molecular flexibility index (Phi) is 5.90. The quantitative estimate of drug-likeness (QED) is 0.198. The zero-order chi connectivity index (χ0) is 31.6. The lowest BCUT2D eigenvalue weighted by molar-refractivity contribution is 0.670. The SMILES string of the molecule is c1ccc(-c2nc(-c3cccc4ccccc34)nc(-c3ccc(-c4cccc5c4Cc4ccccc4-5)c4oc5ccccc5c34)n2)cc1. The molecule has 10 rings (SSSR count). The number of para-hydroxylation sites is 1. The van der Waals surface area contributed by atoms with Crippen molar-refractivity contribution in [3.63, 3.8) is 0 Å². The van der Waals surface area contributed by atoms with Crippen LogP contribution in [-0.2, 0) is 6.42 Å². The van der Waals surface area contributed by atoms with Gasteiger partial charge in [-0.3, -0.25) is 0 Å². The molecule has 0 saturated heterocycles. The van der Waals surface area contributed by atoms with Crippen LogP contribution in [0.4, 0.5) is 0 Å². The Morgan fingerprint density at radius 3 is 1.92 bits per heavy atom. The third-order valence-corrected chi connectivity index (χ3v) is 9.61. The number of furan rings is 1. The van der Waals surface area contributed by atoms with E-state index < -0.39 is 0 Å². The molecule has 4 nitrogen and oxygen atoms in total. The lowest BCUT2D eigenvalue weighted by Gasteiger charge is -2.13. The Balaban J connectivity index is 1.24. The minimum Gasteiger partial charge on any atom is -0.455 e. The van der Waals surface area contributed by atoms with Crippen molar-refractivity contribution in [2.45, 2.75) is 6.42 Å². The largest absolute Gasteiger partial charge is 0.455 e. The predicted octanol–water partition coefficient (Wildman–Crippen LogP) is 11.2. The highest BCUT2D eigenvalue weighted by molar-refractivity contribution is 6.16. The summed E-state index contributed by atoms with van der Waals surface area (Å²) in [6.45, 7) is 0. The first kappa shape index (κ1) is 26.8.